The Kier molecular flexibility index (Phi) is 6.03. The molecule has 0 radical (unpaired) electrons. The summed E-state index contributed by atoms with van der Waals surface area (Å²) in [5.41, 5.74) is -0.328. The van der Waals surface area contributed by atoms with Crippen molar-refractivity contribution in [3.05, 3.63) is 82.3 Å². The van der Waals surface area contributed by atoms with Crippen LogP contribution in [0.2, 0.25) is 0 Å². The summed E-state index contributed by atoms with van der Waals surface area (Å²) in [7, 11) is 1.40. The predicted octanol–water partition coefficient (Wildman–Crippen LogP) is 2.95. The molecule has 2 aliphatic rings. The number of hydrogen-bond acceptors (Lipinski definition) is 3. The molecule has 7 nitrogen and oxygen atoms in total. The number of halogens is 4. The molecule has 4 amide bonds. The molecule has 2 aromatic carbocycles. The van der Waals surface area contributed by atoms with E-state index in [4.69, 9.17) is 0 Å². The van der Waals surface area contributed by atoms with Crippen molar-refractivity contribution in [2.75, 3.05) is 20.1 Å². The van der Waals surface area contributed by atoms with Gasteiger partial charge in [-0.25, -0.2) is 9.18 Å². The first kappa shape index (κ1) is 23.3. The lowest BCUT2D eigenvalue weighted by Crippen LogP contribution is -2.45. The quantitative estimate of drug-likeness (QED) is 0.652. The van der Waals surface area contributed by atoms with Gasteiger partial charge in [-0.05, 0) is 29.3 Å². The molecule has 0 fully saturated rings. The maximum Gasteiger partial charge on any atom is 0.416 e. The number of likely N-dealkylation sites (N-methyl/N-ethyl adjacent to an activating group) is 1. The Morgan fingerprint density at radius 2 is 1.79 bits per heavy atom. The van der Waals surface area contributed by atoms with Gasteiger partial charge in [-0.3, -0.25) is 14.5 Å². The summed E-state index contributed by atoms with van der Waals surface area (Å²) in [4.78, 5) is 40.4. The summed E-state index contributed by atoms with van der Waals surface area (Å²) >= 11 is 0. The Morgan fingerprint density at radius 3 is 2.47 bits per heavy atom. The Hall–Kier alpha value is -3.89. The first-order valence-corrected chi connectivity index (χ1v) is 10.3. The van der Waals surface area contributed by atoms with Gasteiger partial charge in [0.05, 0.1) is 29.4 Å². The number of carbonyl (C=O) groups is 3. The zero-order chi connectivity index (χ0) is 24.6. The SMILES string of the molecule is CN1C(=O)N[C@H](c2ccccc2C(F)(F)F)C2=C1CN(CC(=O)NCc1ccc(F)cc1)C2=O. The minimum Gasteiger partial charge on any atom is -0.350 e. The van der Waals surface area contributed by atoms with Crippen LogP contribution in [0.25, 0.3) is 0 Å². The number of carbonyl (C=O) groups excluding carboxylic acids is 3. The molecular weight excluding hydrogens is 456 g/mol. The van der Waals surface area contributed by atoms with E-state index in [1.54, 1.807) is 0 Å². The van der Waals surface area contributed by atoms with Crippen LogP contribution >= 0.6 is 0 Å². The van der Waals surface area contributed by atoms with Crippen LogP contribution < -0.4 is 10.6 Å². The maximum atomic E-state index is 13.6. The van der Waals surface area contributed by atoms with Crippen LogP contribution in [0.15, 0.2) is 59.8 Å². The lowest BCUT2D eigenvalue weighted by molar-refractivity contribution is -0.138. The van der Waals surface area contributed by atoms with Crippen LogP contribution in [-0.4, -0.2) is 47.8 Å². The molecule has 0 spiro atoms. The standard InChI is InChI=1S/C23H20F4N4O3/c1-30-17-11-31(12-18(32)28-10-13-6-8-14(24)9-7-13)21(33)19(17)20(29-22(30)34)15-4-2-3-5-16(15)23(25,26)27/h2-9,20H,10-12H2,1H3,(H,28,32)(H,29,34)/t20-/m1/s1. The molecule has 0 bridgehead atoms. The molecule has 0 saturated heterocycles. The van der Waals surface area contributed by atoms with Crippen molar-refractivity contribution < 1.29 is 31.9 Å². The van der Waals surface area contributed by atoms with E-state index in [-0.39, 0.29) is 36.5 Å². The van der Waals surface area contributed by atoms with Gasteiger partial charge in [-0.1, -0.05) is 30.3 Å². The van der Waals surface area contributed by atoms with Gasteiger partial charge in [-0.2, -0.15) is 13.2 Å². The van der Waals surface area contributed by atoms with Crippen molar-refractivity contribution in [2.45, 2.75) is 18.8 Å². The van der Waals surface area contributed by atoms with Crippen LogP contribution in [-0.2, 0) is 22.3 Å². The number of rotatable bonds is 5. The van der Waals surface area contributed by atoms with Gasteiger partial charge in [0.25, 0.3) is 5.91 Å². The summed E-state index contributed by atoms with van der Waals surface area (Å²) in [6, 6.07) is 8.28. The molecule has 2 aliphatic heterocycles. The maximum absolute atomic E-state index is 13.6. The van der Waals surface area contributed by atoms with Crippen LogP contribution in [0.3, 0.4) is 0 Å². The molecule has 0 aromatic heterocycles. The normalized spacial score (nSPS) is 18.2. The highest BCUT2D eigenvalue weighted by atomic mass is 19.4. The Bertz CT molecular complexity index is 1180. The number of nitrogens with zero attached hydrogens (tertiary/aromatic N) is 2. The summed E-state index contributed by atoms with van der Waals surface area (Å²) in [6.07, 6.45) is -4.69. The molecule has 178 valence electrons. The Labute approximate surface area is 192 Å². The van der Waals surface area contributed by atoms with Crippen molar-refractivity contribution in [2.24, 2.45) is 0 Å². The summed E-state index contributed by atoms with van der Waals surface area (Å²) in [6.45, 7) is -0.356. The second-order valence-electron chi connectivity index (χ2n) is 7.95. The average Bonchev–Trinajstić information content (AvgIpc) is 3.11. The summed E-state index contributed by atoms with van der Waals surface area (Å²) in [5.74, 6) is -1.56. The topological polar surface area (TPSA) is 81.8 Å². The molecule has 34 heavy (non-hydrogen) atoms. The molecule has 4 rings (SSSR count). The largest absolute Gasteiger partial charge is 0.416 e. The second kappa shape index (κ2) is 8.81. The van der Waals surface area contributed by atoms with E-state index in [0.29, 0.717) is 5.56 Å². The highest BCUT2D eigenvalue weighted by Gasteiger charge is 2.46. The number of urea groups is 1. The second-order valence-corrected chi connectivity index (χ2v) is 7.95. The van der Waals surface area contributed by atoms with Crippen molar-refractivity contribution in [3.8, 4) is 0 Å². The van der Waals surface area contributed by atoms with Crippen LogP contribution in [0.5, 0.6) is 0 Å². The molecule has 2 aromatic rings. The van der Waals surface area contributed by atoms with Gasteiger partial charge in [0, 0.05) is 13.6 Å². The smallest absolute Gasteiger partial charge is 0.350 e. The molecule has 11 heteroatoms. The lowest BCUT2D eigenvalue weighted by Gasteiger charge is -2.32. The van der Waals surface area contributed by atoms with Crippen molar-refractivity contribution in [1.29, 1.82) is 0 Å². The minimum atomic E-state index is -4.69. The van der Waals surface area contributed by atoms with E-state index in [0.717, 1.165) is 11.0 Å². The lowest BCUT2D eigenvalue weighted by atomic mass is 9.92. The van der Waals surface area contributed by atoms with E-state index >= 15 is 0 Å². The highest BCUT2D eigenvalue weighted by molar-refractivity contribution is 6.03. The number of amides is 4. The molecule has 2 heterocycles. The van der Waals surface area contributed by atoms with Crippen LogP contribution in [0.4, 0.5) is 22.4 Å². The van der Waals surface area contributed by atoms with Crippen molar-refractivity contribution in [3.63, 3.8) is 0 Å². The van der Waals surface area contributed by atoms with Crippen LogP contribution in [0, 0.1) is 5.82 Å². The van der Waals surface area contributed by atoms with Gasteiger partial charge in [-0.15, -0.1) is 0 Å². The van der Waals surface area contributed by atoms with E-state index < -0.39 is 41.4 Å². The fourth-order valence-electron chi connectivity index (χ4n) is 4.02. The first-order chi connectivity index (χ1) is 16.1. The van der Waals surface area contributed by atoms with Crippen molar-refractivity contribution in [1.82, 2.24) is 20.4 Å². The number of benzene rings is 2. The fourth-order valence-corrected chi connectivity index (χ4v) is 4.02. The molecule has 0 saturated carbocycles. The zero-order valence-corrected chi connectivity index (χ0v) is 17.9. The van der Waals surface area contributed by atoms with Gasteiger partial charge < -0.3 is 15.5 Å². The highest BCUT2D eigenvalue weighted by Crippen LogP contribution is 2.41. The van der Waals surface area contributed by atoms with Crippen molar-refractivity contribution >= 4 is 17.8 Å². The zero-order valence-electron chi connectivity index (χ0n) is 17.9. The van der Waals surface area contributed by atoms with Gasteiger partial charge in [0.15, 0.2) is 0 Å². The molecular formula is C23H20F4N4O3. The Morgan fingerprint density at radius 1 is 1.12 bits per heavy atom. The van der Waals surface area contributed by atoms with Gasteiger partial charge in [0.1, 0.15) is 12.4 Å². The van der Waals surface area contributed by atoms with E-state index in [1.165, 1.54) is 54.4 Å². The minimum absolute atomic E-state index is 0.00913. The van der Waals surface area contributed by atoms with E-state index in [9.17, 15) is 31.9 Å². The summed E-state index contributed by atoms with van der Waals surface area (Å²) in [5, 5.41) is 5.09. The molecule has 1 atom stereocenters. The molecule has 2 N–H and O–H groups in total. The third kappa shape index (κ3) is 4.45. The van der Waals surface area contributed by atoms with E-state index in [2.05, 4.69) is 10.6 Å². The molecule has 0 aliphatic carbocycles. The third-order valence-corrected chi connectivity index (χ3v) is 5.75. The molecule has 0 unspecified atom stereocenters. The predicted molar refractivity (Wildman–Crippen MR) is 112 cm³/mol. The van der Waals surface area contributed by atoms with Crippen LogP contribution in [0.1, 0.15) is 22.7 Å². The monoisotopic (exact) mass is 476 g/mol. The summed E-state index contributed by atoms with van der Waals surface area (Å²) < 4.78 is 53.8. The third-order valence-electron chi connectivity index (χ3n) is 5.75. The Balaban J connectivity index is 1.54. The van der Waals surface area contributed by atoms with Gasteiger partial charge >= 0.3 is 12.2 Å². The fraction of sp³-hybridized carbons (Fsp3) is 0.261. The number of alkyl halides is 3. The first-order valence-electron chi connectivity index (χ1n) is 10.3. The number of nitrogens with one attached hydrogen (secondary N) is 2. The average molecular weight is 476 g/mol. The number of hydrogen-bond donors (Lipinski definition) is 2. The van der Waals surface area contributed by atoms with E-state index in [1.807, 2.05) is 0 Å². The van der Waals surface area contributed by atoms with Gasteiger partial charge in [0.2, 0.25) is 5.91 Å².